The summed E-state index contributed by atoms with van der Waals surface area (Å²) in [6.45, 7) is 3.99. The predicted octanol–water partition coefficient (Wildman–Crippen LogP) is 3.68. The molecule has 3 heteroatoms. The van der Waals surface area contributed by atoms with Crippen molar-refractivity contribution in [3.05, 3.63) is 60.2 Å². The number of methoxy groups -OCH3 is 1. The average Bonchev–Trinajstić information content (AvgIpc) is 2.59. The van der Waals surface area contributed by atoms with E-state index in [-0.39, 0.29) is 9.52 Å². The Morgan fingerprint density at radius 1 is 0.957 bits per heavy atom. The predicted molar refractivity (Wildman–Crippen MR) is 101 cm³/mol. The second-order valence-corrected chi connectivity index (χ2v) is 8.81. The summed E-state index contributed by atoms with van der Waals surface area (Å²) in [4.78, 5) is 0. The van der Waals surface area contributed by atoms with Gasteiger partial charge >= 0.3 is 0 Å². The molecule has 0 bridgehead atoms. The number of hydrogen-bond donors (Lipinski definition) is 0. The Balaban J connectivity index is 1.55. The van der Waals surface area contributed by atoms with Crippen molar-refractivity contribution in [2.24, 2.45) is 0 Å². The van der Waals surface area contributed by atoms with Crippen LogP contribution >= 0.6 is 0 Å². The van der Waals surface area contributed by atoms with Gasteiger partial charge in [-0.25, -0.2) is 0 Å². The van der Waals surface area contributed by atoms with Crippen LogP contribution in [0.1, 0.15) is 31.7 Å². The van der Waals surface area contributed by atoms with Gasteiger partial charge in [0.1, 0.15) is 5.75 Å². The van der Waals surface area contributed by atoms with Crippen molar-refractivity contribution in [2.45, 2.75) is 38.3 Å². The van der Waals surface area contributed by atoms with Gasteiger partial charge in [-0.1, -0.05) is 67.4 Å². The Kier molecular flexibility index (Phi) is 7.91. The third-order valence-electron chi connectivity index (χ3n) is 4.09. The van der Waals surface area contributed by atoms with Gasteiger partial charge in [0, 0.05) is 6.61 Å². The molecule has 0 heterocycles. The Morgan fingerprint density at radius 3 is 2.39 bits per heavy atom. The number of rotatable bonds is 10. The van der Waals surface area contributed by atoms with Gasteiger partial charge in [-0.2, -0.15) is 0 Å². The van der Waals surface area contributed by atoms with Crippen LogP contribution in [0.2, 0.25) is 5.54 Å². The molecule has 0 aromatic heterocycles. The Labute approximate surface area is 142 Å². The second kappa shape index (κ2) is 10.2. The van der Waals surface area contributed by atoms with Crippen LogP contribution in [0.3, 0.4) is 0 Å². The second-order valence-electron chi connectivity index (χ2n) is 6.19. The third-order valence-corrected chi connectivity index (χ3v) is 6.14. The summed E-state index contributed by atoms with van der Waals surface area (Å²) in [6, 6.07) is 19.0. The summed E-state index contributed by atoms with van der Waals surface area (Å²) in [5.74, 6) is 0.950. The van der Waals surface area contributed by atoms with E-state index in [1.165, 1.54) is 23.6 Å². The molecule has 0 saturated carbocycles. The normalized spacial score (nSPS) is 12.6. The third kappa shape index (κ3) is 7.02. The number of ether oxygens (including phenoxy) is 2. The van der Waals surface area contributed by atoms with Gasteiger partial charge in [0.2, 0.25) is 0 Å². The van der Waals surface area contributed by atoms with E-state index >= 15 is 0 Å². The summed E-state index contributed by atoms with van der Waals surface area (Å²) in [5.41, 5.74) is 2.10. The quantitative estimate of drug-likeness (QED) is 0.489. The SMILES string of the molecule is COc1ccc([SiH2][C@@H](C)CCCCOCc2ccccc2)cc1. The van der Waals surface area contributed by atoms with Gasteiger partial charge in [-0.15, -0.1) is 0 Å². The number of unbranched alkanes of at least 4 members (excludes halogenated alkanes) is 1. The molecule has 0 saturated heterocycles. The maximum atomic E-state index is 5.74. The molecule has 0 fully saturated rings. The fraction of sp³-hybridized carbons (Fsp3) is 0.400. The van der Waals surface area contributed by atoms with Crippen molar-refractivity contribution < 1.29 is 9.47 Å². The van der Waals surface area contributed by atoms with Crippen molar-refractivity contribution in [1.82, 2.24) is 0 Å². The van der Waals surface area contributed by atoms with Gasteiger partial charge in [0.25, 0.3) is 0 Å². The molecular weight excluding hydrogens is 300 g/mol. The average molecular weight is 329 g/mol. The van der Waals surface area contributed by atoms with E-state index in [0.29, 0.717) is 0 Å². The molecule has 0 aliphatic rings. The van der Waals surface area contributed by atoms with E-state index in [0.717, 1.165) is 30.9 Å². The number of benzene rings is 2. The van der Waals surface area contributed by atoms with Crippen LogP contribution in [-0.2, 0) is 11.3 Å². The Bertz CT molecular complexity index is 539. The van der Waals surface area contributed by atoms with Crippen molar-refractivity contribution in [1.29, 1.82) is 0 Å². The van der Waals surface area contributed by atoms with Crippen LogP contribution in [0.15, 0.2) is 54.6 Å². The summed E-state index contributed by atoms with van der Waals surface area (Å²) < 4.78 is 11.0. The van der Waals surface area contributed by atoms with Gasteiger partial charge in [0.15, 0.2) is 0 Å². The van der Waals surface area contributed by atoms with E-state index in [1.807, 2.05) is 6.07 Å². The van der Waals surface area contributed by atoms with Gasteiger partial charge < -0.3 is 9.47 Å². The topological polar surface area (TPSA) is 18.5 Å². The molecule has 2 aromatic rings. The lowest BCUT2D eigenvalue weighted by molar-refractivity contribution is 0.117. The first kappa shape index (κ1) is 17.8. The van der Waals surface area contributed by atoms with E-state index in [1.54, 1.807) is 7.11 Å². The largest absolute Gasteiger partial charge is 0.497 e. The van der Waals surface area contributed by atoms with Crippen molar-refractivity contribution in [3.8, 4) is 5.75 Å². The molecule has 0 amide bonds. The molecule has 2 nitrogen and oxygen atoms in total. The van der Waals surface area contributed by atoms with E-state index in [2.05, 4.69) is 55.5 Å². The van der Waals surface area contributed by atoms with Gasteiger partial charge in [-0.3, -0.25) is 0 Å². The Morgan fingerprint density at radius 2 is 1.70 bits per heavy atom. The minimum Gasteiger partial charge on any atom is -0.497 e. The molecule has 0 radical (unpaired) electrons. The zero-order chi connectivity index (χ0) is 16.3. The lowest BCUT2D eigenvalue weighted by Crippen LogP contribution is -2.17. The van der Waals surface area contributed by atoms with Gasteiger partial charge in [-0.05, 0) is 29.7 Å². The van der Waals surface area contributed by atoms with Crippen LogP contribution in [0.25, 0.3) is 0 Å². The molecule has 0 spiro atoms. The summed E-state index contributed by atoms with van der Waals surface area (Å²) in [6.07, 6.45) is 3.74. The smallest absolute Gasteiger partial charge is 0.118 e. The molecule has 0 N–H and O–H groups in total. The molecule has 1 atom stereocenters. The van der Waals surface area contributed by atoms with Crippen LogP contribution in [0.5, 0.6) is 5.75 Å². The molecule has 124 valence electrons. The van der Waals surface area contributed by atoms with E-state index < -0.39 is 0 Å². The standard InChI is InChI=1S/C20H28O2Si/c1-17(23-20-13-11-19(21-2)12-14-20)8-6-7-15-22-16-18-9-4-3-5-10-18/h3-5,9-14,17H,6-8,15-16,23H2,1-2H3/t17-/m0/s1. The Hall–Kier alpha value is -1.58. The molecule has 0 unspecified atom stereocenters. The van der Waals surface area contributed by atoms with Crippen molar-refractivity contribution >= 4 is 14.7 Å². The molecule has 0 aliphatic heterocycles. The van der Waals surface area contributed by atoms with Crippen LogP contribution in [0, 0.1) is 0 Å². The fourth-order valence-electron chi connectivity index (χ4n) is 2.73. The van der Waals surface area contributed by atoms with E-state index in [4.69, 9.17) is 9.47 Å². The van der Waals surface area contributed by atoms with Crippen molar-refractivity contribution in [2.75, 3.05) is 13.7 Å². The molecule has 2 rings (SSSR count). The maximum absolute atomic E-state index is 5.74. The highest BCUT2D eigenvalue weighted by Gasteiger charge is 2.05. The first-order chi connectivity index (χ1) is 11.3. The van der Waals surface area contributed by atoms with Crippen molar-refractivity contribution in [3.63, 3.8) is 0 Å². The molecule has 0 aliphatic carbocycles. The zero-order valence-electron chi connectivity index (χ0n) is 14.3. The highest BCUT2D eigenvalue weighted by molar-refractivity contribution is 6.54. The minimum absolute atomic E-state index is 0.188. The molecule has 2 aromatic carbocycles. The summed E-state index contributed by atoms with van der Waals surface area (Å²) in [5, 5.41) is 1.53. The fourth-order valence-corrected chi connectivity index (χ4v) is 4.53. The first-order valence-electron chi connectivity index (χ1n) is 8.52. The summed E-state index contributed by atoms with van der Waals surface area (Å²) in [7, 11) is 1.53. The van der Waals surface area contributed by atoms with Crippen LogP contribution < -0.4 is 9.92 Å². The van der Waals surface area contributed by atoms with E-state index in [9.17, 15) is 0 Å². The molecule has 23 heavy (non-hydrogen) atoms. The number of hydrogen-bond acceptors (Lipinski definition) is 2. The lowest BCUT2D eigenvalue weighted by Gasteiger charge is -2.11. The van der Waals surface area contributed by atoms with Gasteiger partial charge in [0.05, 0.1) is 23.2 Å². The molecular formula is C20H28O2Si. The maximum Gasteiger partial charge on any atom is 0.118 e. The summed E-state index contributed by atoms with van der Waals surface area (Å²) >= 11 is 0. The highest BCUT2D eigenvalue weighted by atomic mass is 28.2. The first-order valence-corrected chi connectivity index (χ1v) is 10.0. The monoisotopic (exact) mass is 328 g/mol. The highest BCUT2D eigenvalue weighted by Crippen LogP contribution is 2.14. The van der Waals surface area contributed by atoms with Crippen LogP contribution in [-0.4, -0.2) is 23.2 Å². The lowest BCUT2D eigenvalue weighted by atomic mass is 10.2. The minimum atomic E-state index is -0.188. The van der Waals surface area contributed by atoms with Crippen LogP contribution in [0.4, 0.5) is 0 Å². The zero-order valence-corrected chi connectivity index (χ0v) is 15.7.